The van der Waals surface area contributed by atoms with Crippen LogP contribution in [0.2, 0.25) is 0 Å². The number of carbonyl (C=O) groups is 3. The first-order valence-electron chi connectivity index (χ1n) is 10.6. The molecule has 1 aromatic heterocycles. The van der Waals surface area contributed by atoms with Crippen LogP contribution in [0.1, 0.15) is 23.2 Å². The zero-order valence-corrected chi connectivity index (χ0v) is 20.3. The van der Waals surface area contributed by atoms with Crippen molar-refractivity contribution in [3.63, 3.8) is 0 Å². The monoisotopic (exact) mass is 541 g/mol. The van der Waals surface area contributed by atoms with Gasteiger partial charge in [-0.2, -0.15) is 13.4 Å². The van der Waals surface area contributed by atoms with Gasteiger partial charge in [0.2, 0.25) is 5.95 Å². The fourth-order valence-electron chi connectivity index (χ4n) is 3.10. The second kappa shape index (κ2) is 12.5. The highest BCUT2D eigenvalue weighted by Crippen LogP contribution is 2.20. The Morgan fingerprint density at radius 1 is 1.22 bits per heavy atom. The van der Waals surface area contributed by atoms with Crippen LogP contribution in [-0.2, 0) is 19.7 Å². The van der Waals surface area contributed by atoms with Gasteiger partial charge in [-0.3, -0.25) is 23.9 Å². The lowest BCUT2D eigenvalue weighted by Crippen LogP contribution is -2.41. The molecule has 0 radical (unpaired) electrons. The van der Waals surface area contributed by atoms with Crippen molar-refractivity contribution >= 4 is 51.1 Å². The van der Waals surface area contributed by atoms with Gasteiger partial charge in [0, 0.05) is 30.8 Å². The number of H-pyrrole nitrogens is 1. The van der Waals surface area contributed by atoms with Gasteiger partial charge in [-0.15, -0.1) is 0 Å². The lowest BCUT2D eigenvalue weighted by Gasteiger charge is -2.27. The van der Waals surface area contributed by atoms with E-state index < -0.39 is 34.0 Å². The smallest absolute Gasteiger partial charge is 0.326 e. The average Bonchev–Trinajstić information content (AvgIpc) is 2.79. The summed E-state index contributed by atoms with van der Waals surface area (Å²) in [6.45, 7) is 0.960. The van der Waals surface area contributed by atoms with E-state index in [0.29, 0.717) is 36.5 Å². The van der Waals surface area contributed by atoms with E-state index >= 15 is 0 Å². The van der Waals surface area contributed by atoms with Crippen molar-refractivity contribution in [3.05, 3.63) is 40.2 Å². The Labute approximate surface area is 210 Å². The number of nitrogens with one attached hydrogen (secondary N) is 5. The lowest BCUT2D eigenvalue weighted by molar-refractivity contribution is -0.140. The molecule has 0 saturated heterocycles. The number of fused-ring (bicyclic) bond motifs is 1. The standard InChI is InChI=1S/C19H23N7O6.CH4O3S/c20-19-25-15-14(17(30)26-19)23-11(8-22-15)7-21-10-3-1-9(2-4-10)16(29)24-12(18(31)32)5-6-13(27)28;1-5(2,3)4/h1-4,11-12,21,23H,5-8H2,(H,24,29)(H,27,28)(H,31,32)(H4,20,22,25,26,30);1H3,(H,2,3,4)/t11-,12-;/m0./s1. The van der Waals surface area contributed by atoms with Crippen LogP contribution >= 0.6 is 0 Å². The summed E-state index contributed by atoms with van der Waals surface area (Å²) in [4.78, 5) is 52.6. The molecule has 2 heterocycles. The van der Waals surface area contributed by atoms with Crippen LogP contribution in [0.25, 0.3) is 0 Å². The Balaban J connectivity index is 0.000000877. The summed E-state index contributed by atoms with van der Waals surface area (Å²) in [7, 11) is -3.67. The molecule has 0 unspecified atom stereocenters. The zero-order chi connectivity index (χ0) is 27.8. The van der Waals surface area contributed by atoms with Gasteiger partial charge in [0.05, 0.1) is 12.3 Å². The highest BCUT2D eigenvalue weighted by molar-refractivity contribution is 7.85. The third-order valence-electron chi connectivity index (χ3n) is 4.75. The minimum absolute atomic E-state index is 0.0281. The topological polar surface area (TPSA) is 266 Å². The van der Waals surface area contributed by atoms with Crippen molar-refractivity contribution in [1.82, 2.24) is 15.3 Å². The third kappa shape index (κ3) is 10.0. The van der Waals surface area contributed by atoms with Crippen molar-refractivity contribution in [2.75, 3.05) is 41.0 Å². The predicted molar refractivity (Wildman–Crippen MR) is 133 cm³/mol. The number of nitrogens with two attached hydrogens (primary N) is 1. The van der Waals surface area contributed by atoms with Gasteiger partial charge in [0.15, 0.2) is 5.82 Å². The number of hydrogen-bond acceptors (Lipinski definition) is 11. The fourth-order valence-corrected chi connectivity index (χ4v) is 3.10. The van der Waals surface area contributed by atoms with Gasteiger partial charge in [0.25, 0.3) is 21.6 Å². The lowest BCUT2D eigenvalue weighted by atomic mass is 10.1. The van der Waals surface area contributed by atoms with E-state index in [1.165, 1.54) is 12.1 Å². The Kier molecular flexibility index (Phi) is 9.78. The molecule has 3 rings (SSSR count). The van der Waals surface area contributed by atoms with Gasteiger partial charge in [0.1, 0.15) is 11.7 Å². The van der Waals surface area contributed by atoms with Crippen molar-refractivity contribution in [3.8, 4) is 0 Å². The molecule has 0 spiro atoms. The number of rotatable bonds is 9. The summed E-state index contributed by atoms with van der Waals surface area (Å²) in [6.07, 6.45) is 0.128. The molecular weight excluding hydrogens is 514 g/mol. The number of amides is 1. The molecule has 16 nitrogen and oxygen atoms in total. The average molecular weight is 542 g/mol. The van der Waals surface area contributed by atoms with E-state index in [2.05, 4.69) is 31.2 Å². The van der Waals surface area contributed by atoms with Crippen LogP contribution in [0.5, 0.6) is 0 Å². The van der Waals surface area contributed by atoms with E-state index in [1.807, 2.05) is 0 Å². The predicted octanol–water partition coefficient (Wildman–Crippen LogP) is -0.778. The van der Waals surface area contributed by atoms with E-state index in [1.54, 1.807) is 12.1 Å². The molecule has 1 amide bonds. The Bertz CT molecular complexity index is 1290. The third-order valence-corrected chi connectivity index (χ3v) is 4.75. The molecule has 202 valence electrons. The maximum Gasteiger partial charge on any atom is 0.326 e. The number of hydrogen-bond donors (Lipinski definition) is 9. The summed E-state index contributed by atoms with van der Waals surface area (Å²) in [6, 6.07) is 4.93. The number of nitrogen functional groups attached to an aromatic ring is 1. The van der Waals surface area contributed by atoms with E-state index in [0.717, 1.165) is 0 Å². The molecule has 17 heteroatoms. The molecule has 10 N–H and O–H groups in total. The number of carboxylic acid groups (broad SMARTS) is 2. The number of aliphatic carboxylic acids is 2. The van der Waals surface area contributed by atoms with E-state index in [-0.39, 0.29) is 36.0 Å². The second-order valence-corrected chi connectivity index (χ2v) is 9.35. The normalized spacial score (nSPS) is 14.9. The SMILES string of the molecule is CS(=O)(=O)O.Nc1nc2c(c(=O)[nH]1)N[C@@H](CNc1ccc(C(=O)N[C@@H](CCC(=O)O)C(=O)O)cc1)CN2. The van der Waals surface area contributed by atoms with Gasteiger partial charge in [-0.1, -0.05) is 0 Å². The maximum atomic E-state index is 12.3. The minimum atomic E-state index is -3.67. The van der Waals surface area contributed by atoms with Crippen LogP contribution in [0.3, 0.4) is 0 Å². The molecule has 0 bridgehead atoms. The number of benzene rings is 1. The Hall–Kier alpha value is -4.38. The second-order valence-electron chi connectivity index (χ2n) is 7.88. The summed E-state index contributed by atoms with van der Waals surface area (Å²) in [5, 5.41) is 29.5. The molecule has 2 atom stereocenters. The summed E-state index contributed by atoms with van der Waals surface area (Å²) in [5.41, 5.74) is 6.40. The molecule has 0 aliphatic carbocycles. The van der Waals surface area contributed by atoms with Gasteiger partial charge >= 0.3 is 11.9 Å². The van der Waals surface area contributed by atoms with E-state index in [4.69, 9.17) is 20.5 Å². The van der Waals surface area contributed by atoms with Crippen molar-refractivity contribution < 1.29 is 37.6 Å². The summed E-state index contributed by atoms with van der Waals surface area (Å²) in [5.74, 6) is -2.64. The first kappa shape index (κ1) is 28.9. The number of aromatic nitrogens is 2. The number of anilines is 4. The van der Waals surface area contributed by atoms with Crippen LogP contribution < -0.4 is 32.6 Å². The molecule has 0 fully saturated rings. The van der Waals surface area contributed by atoms with Gasteiger partial charge in [-0.05, 0) is 30.7 Å². The van der Waals surface area contributed by atoms with Crippen LogP contribution in [0, 0.1) is 0 Å². The number of carbonyl (C=O) groups excluding carboxylic acids is 1. The number of nitrogens with zero attached hydrogens (tertiary/aromatic N) is 1. The summed E-state index contributed by atoms with van der Waals surface area (Å²) < 4.78 is 25.9. The Morgan fingerprint density at radius 2 is 1.84 bits per heavy atom. The first-order chi connectivity index (χ1) is 17.2. The highest BCUT2D eigenvalue weighted by Gasteiger charge is 2.23. The molecule has 0 saturated carbocycles. The fraction of sp³-hybridized carbons (Fsp3) is 0.350. The molecule has 1 aliphatic rings. The zero-order valence-electron chi connectivity index (χ0n) is 19.5. The molecule has 1 aliphatic heterocycles. The van der Waals surface area contributed by atoms with Crippen LogP contribution in [0.15, 0.2) is 29.1 Å². The number of aromatic amines is 1. The number of carboxylic acids is 2. The van der Waals surface area contributed by atoms with Crippen LogP contribution in [-0.4, -0.2) is 82.4 Å². The quantitative estimate of drug-likeness (QED) is 0.176. The highest BCUT2D eigenvalue weighted by atomic mass is 32.2. The first-order valence-corrected chi connectivity index (χ1v) is 12.5. The largest absolute Gasteiger partial charge is 0.481 e. The molecule has 37 heavy (non-hydrogen) atoms. The van der Waals surface area contributed by atoms with E-state index in [9.17, 15) is 27.6 Å². The molecule has 1 aromatic carbocycles. The molecule has 2 aromatic rings. The minimum Gasteiger partial charge on any atom is -0.481 e. The Morgan fingerprint density at radius 3 is 2.41 bits per heavy atom. The molecular formula is C20H27N7O9S. The van der Waals surface area contributed by atoms with Gasteiger partial charge < -0.3 is 37.2 Å². The van der Waals surface area contributed by atoms with Crippen molar-refractivity contribution in [2.45, 2.75) is 24.9 Å². The van der Waals surface area contributed by atoms with Gasteiger partial charge in [-0.25, -0.2) is 4.79 Å². The summed E-state index contributed by atoms with van der Waals surface area (Å²) >= 11 is 0. The van der Waals surface area contributed by atoms with Crippen molar-refractivity contribution in [1.29, 1.82) is 0 Å². The maximum absolute atomic E-state index is 12.3. The van der Waals surface area contributed by atoms with Crippen LogP contribution in [0.4, 0.5) is 23.1 Å². The van der Waals surface area contributed by atoms with Crippen molar-refractivity contribution in [2.24, 2.45) is 0 Å².